The first-order valence-corrected chi connectivity index (χ1v) is 9.64. The van der Waals surface area contributed by atoms with Crippen LogP contribution in [0.15, 0.2) is 35.3 Å². The number of carbonyl (C=O) groups is 1. The van der Waals surface area contributed by atoms with E-state index in [2.05, 4.69) is 31.0 Å². The predicted octanol–water partition coefficient (Wildman–Crippen LogP) is 4.45. The molecule has 2 heterocycles. The van der Waals surface area contributed by atoms with Gasteiger partial charge in [-0.1, -0.05) is 28.7 Å². The number of benzene rings is 1. The fourth-order valence-electron chi connectivity index (χ4n) is 2.72. The Morgan fingerprint density at radius 1 is 1.31 bits per heavy atom. The van der Waals surface area contributed by atoms with Gasteiger partial charge >= 0.3 is 5.00 Å². The molecule has 134 valence electrons. The van der Waals surface area contributed by atoms with Gasteiger partial charge in [0.25, 0.3) is 5.91 Å². The van der Waals surface area contributed by atoms with Crippen molar-refractivity contribution in [3.63, 3.8) is 0 Å². The van der Waals surface area contributed by atoms with Gasteiger partial charge in [0.2, 0.25) is 0 Å². The Bertz CT molecular complexity index is 1100. The number of nitro groups is 1. The third-order valence-corrected chi connectivity index (χ3v) is 6.05. The number of aryl methyl sites for hydroxylation is 3. The fraction of sp³-hybridized carbons (Fsp3) is 0.222. The molecule has 6 nitrogen and oxygen atoms in total. The highest BCUT2D eigenvalue weighted by atomic mass is 32.1. The maximum absolute atomic E-state index is 12.2. The molecule has 0 aliphatic carbocycles. The van der Waals surface area contributed by atoms with Crippen LogP contribution in [-0.2, 0) is 11.3 Å². The normalized spacial score (nSPS) is 12.3. The summed E-state index contributed by atoms with van der Waals surface area (Å²) < 4.78 is 3.16. The van der Waals surface area contributed by atoms with Crippen molar-refractivity contribution < 1.29 is 9.72 Å². The lowest BCUT2D eigenvalue weighted by Gasteiger charge is -2.02. The SMILES string of the molecule is CCn1c(=NC(=O)/C=C/c2ccc([N+](=O)[O-])s2)sc2c(C)cc(C)cc21. The zero-order chi connectivity index (χ0) is 18.8. The predicted molar refractivity (Wildman–Crippen MR) is 106 cm³/mol. The third kappa shape index (κ3) is 3.66. The van der Waals surface area contributed by atoms with Gasteiger partial charge in [-0.25, -0.2) is 0 Å². The molecule has 0 fully saturated rings. The van der Waals surface area contributed by atoms with Gasteiger partial charge in [-0.05, 0) is 50.1 Å². The summed E-state index contributed by atoms with van der Waals surface area (Å²) in [4.78, 5) is 28.0. The highest BCUT2D eigenvalue weighted by Gasteiger charge is 2.10. The minimum Gasteiger partial charge on any atom is -0.317 e. The Kier molecular flexibility index (Phi) is 5.15. The molecule has 0 unspecified atom stereocenters. The quantitative estimate of drug-likeness (QED) is 0.377. The van der Waals surface area contributed by atoms with Crippen molar-refractivity contribution >= 4 is 49.9 Å². The molecule has 0 N–H and O–H groups in total. The van der Waals surface area contributed by atoms with E-state index >= 15 is 0 Å². The molecule has 26 heavy (non-hydrogen) atoms. The third-order valence-electron chi connectivity index (χ3n) is 3.82. The van der Waals surface area contributed by atoms with E-state index in [4.69, 9.17) is 0 Å². The first-order valence-electron chi connectivity index (χ1n) is 8.00. The van der Waals surface area contributed by atoms with Gasteiger partial charge in [0.1, 0.15) is 0 Å². The topological polar surface area (TPSA) is 77.5 Å². The Hall–Kier alpha value is -2.58. The summed E-state index contributed by atoms with van der Waals surface area (Å²) in [7, 11) is 0. The number of aromatic nitrogens is 1. The Balaban J connectivity index is 1.95. The van der Waals surface area contributed by atoms with E-state index in [0.29, 0.717) is 9.68 Å². The van der Waals surface area contributed by atoms with Crippen molar-refractivity contribution in [2.24, 2.45) is 4.99 Å². The molecule has 0 radical (unpaired) electrons. The molecule has 0 atom stereocenters. The average Bonchev–Trinajstić information content (AvgIpc) is 3.17. The maximum Gasteiger partial charge on any atom is 0.324 e. The molecule has 8 heteroatoms. The summed E-state index contributed by atoms with van der Waals surface area (Å²) in [5, 5.41) is 10.8. The lowest BCUT2D eigenvalue weighted by atomic mass is 10.1. The van der Waals surface area contributed by atoms with Crippen molar-refractivity contribution in [1.29, 1.82) is 0 Å². The lowest BCUT2D eigenvalue weighted by Crippen LogP contribution is -2.15. The Morgan fingerprint density at radius 2 is 2.08 bits per heavy atom. The van der Waals surface area contributed by atoms with Gasteiger partial charge < -0.3 is 4.57 Å². The van der Waals surface area contributed by atoms with Crippen molar-refractivity contribution in [3.05, 3.63) is 61.3 Å². The van der Waals surface area contributed by atoms with E-state index in [1.54, 1.807) is 12.1 Å². The molecule has 1 amide bonds. The number of thiophene rings is 1. The highest BCUT2D eigenvalue weighted by molar-refractivity contribution is 7.16. The molecule has 2 aromatic heterocycles. The lowest BCUT2D eigenvalue weighted by molar-refractivity contribution is -0.380. The summed E-state index contributed by atoms with van der Waals surface area (Å²) in [6, 6.07) is 7.26. The van der Waals surface area contributed by atoms with Crippen LogP contribution in [0.5, 0.6) is 0 Å². The molecule has 3 aromatic rings. The molecule has 0 spiro atoms. The van der Waals surface area contributed by atoms with E-state index in [9.17, 15) is 14.9 Å². The molecule has 0 saturated carbocycles. The summed E-state index contributed by atoms with van der Waals surface area (Å²) in [5.74, 6) is -0.385. The second-order valence-corrected chi connectivity index (χ2v) is 7.85. The first-order chi connectivity index (χ1) is 12.4. The van der Waals surface area contributed by atoms with Crippen LogP contribution in [0.3, 0.4) is 0 Å². The van der Waals surface area contributed by atoms with Crippen LogP contribution in [0.25, 0.3) is 16.3 Å². The molecule has 0 bridgehead atoms. The van der Waals surface area contributed by atoms with Crippen LogP contribution in [-0.4, -0.2) is 15.4 Å². The number of carbonyl (C=O) groups excluding carboxylic acids is 1. The van der Waals surface area contributed by atoms with Crippen molar-refractivity contribution in [2.75, 3.05) is 0 Å². The number of amides is 1. The second kappa shape index (κ2) is 7.35. The van der Waals surface area contributed by atoms with Gasteiger partial charge in [0.05, 0.1) is 15.1 Å². The number of hydrogen-bond donors (Lipinski definition) is 0. The van der Waals surface area contributed by atoms with Crippen LogP contribution < -0.4 is 4.80 Å². The summed E-state index contributed by atoms with van der Waals surface area (Å²) in [6.45, 7) is 6.85. The monoisotopic (exact) mass is 387 g/mol. The summed E-state index contributed by atoms with van der Waals surface area (Å²) >= 11 is 2.52. The molecule has 0 aliphatic rings. The molecule has 0 saturated heterocycles. The van der Waals surface area contributed by atoms with E-state index < -0.39 is 4.92 Å². The van der Waals surface area contributed by atoms with Crippen LogP contribution >= 0.6 is 22.7 Å². The van der Waals surface area contributed by atoms with Crippen LogP contribution in [0.2, 0.25) is 0 Å². The van der Waals surface area contributed by atoms with Gasteiger partial charge in [-0.3, -0.25) is 14.9 Å². The highest BCUT2D eigenvalue weighted by Crippen LogP contribution is 2.25. The Morgan fingerprint density at radius 3 is 2.73 bits per heavy atom. The molecular formula is C18H17N3O3S2. The zero-order valence-corrected chi connectivity index (χ0v) is 16.2. The standard InChI is InChI=1S/C18H17N3O3S2/c1-4-20-14-10-11(2)9-12(3)17(14)26-18(20)19-15(22)7-5-13-6-8-16(25-13)21(23)24/h5-10H,4H2,1-3H3/b7-5+,19-18?. The average molecular weight is 387 g/mol. The molecule has 1 aromatic carbocycles. The number of hydrogen-bond acceptors (Lipinski definition) is 5. The first kappa shape index (κ1) is 18.2. The van der Waals surface area contributed by atoms with Crippen LogP contribution in [0.1, 0.15) is 22.9 Å². The number of thiazole rings is 1. The Labute approximate surface area is 157 Å². The zero-order valence-electron chi connectivity index (χ0n) is 14.6. The number of fused-ring (bicyclic) bond motifs is 1. The van der Waals surface area contributed by atoms with E-state index in [-0.39, 0.29) is 10.9 Å². The molecular weight excluding hydrogens is 370 g/mol. The van der Waals surface area contributed by atoms with E-state index in [1.807, 2.05) is 11.5 Å². The van der Waals surface area contributed by atoms with E-state index in [0.717, 1.165) is 28.1 Å². The van der Waals surface area contributed by atoms with Crippen molar-refractivity contribution in [1.82, 2.24) is 4.57 Å². The smallest absolute Gasteiger partial charge is 0.317 e. The van der Waals surface area contributed by atoms with E-state index in [1.165, 1.54) is 34.6 Å². The number of nitrogens with zero attached hydrogens (tertiary/aromatic N) is 3. The van der Waals surface area contributed by atoms with Gasteiger partial charge in [0, 0.05) is 23.6 Å². The van der Waals surface area contributed by atoms with Gasteiger partial charge in [0.15, 0.2) is 4.80 Å². The summed E-state index contributed by atoms with van der Waals surface area (Å²) in [6.07, 6.45) is 2.90. The van der Waals surface area contributed by atoms with Gasteiger partial charge in [-0.15, -0.1) is 0 Å². The number of rotatable bonds is 4. The largest absolute Gasteiger partial charge is 0.324 e. The van der Waals surface area contributed by atoms with Crippen molar-refractivity contribution in [3.8, 4) is 0 Å². The van der Waals surface area contributed by atoms with Gasteiger partial charge in [-0.2, -0.15) is 4.99 Å². The fourth-order valence-corrected chi connectivity index (χ4v) is 4.59. The molecule has 3 rings (SSSR count). The molecule has 0 aliphatic heterocycles. The summed E-state index contributed by atoms with van der Waals surface area (Å²) in [5.41, 5.74) is 3.43. The van der Waals surface area contributed by atoms with Crippen molar-refractivity contribution in [2.45, 2.75) is 27.3 Å². The minimum absolute atomic E-state index is 0.0493. The van der Waals surface area contributed by atoms with Crippen LogP contribution in [0.4, 0.5) is 5.00 Å². The maximum atomic E-state index is 12.2. The second-order valence-electron chi connectivity index (χ2n) is 5.78. The van der Waals surface area contributed by atoms with Crippen LogP contribution in [0, 0.1) is 24.0 Å². The minimum atomic E-state index is -0.445.